The van der Waals surface area contributed by atoms with Crippen LogP contribution in [0.25, 0.3) is 0 Å². The van der Waals surface area contributed by atoms with Crippen molar-refractivity contribution in [3.8, 4) is 0 Å². The number of hydrogen-bond acceptors (Lipinski definition) is 3. The summed E-state index contributed by atoms with van der Waals surface area (Å²) in [6, 6.07) is 17.7. The summed E-state index contributed by atoms with van der Waals surface area (Å²) in [5.74, 6) is -0.258. The number of anilines is 1. The van der Waals surface area contributed by atoms with Crippen molar-refractivity contribution in [2.24, 2.45) is 0 Å². The summed E-state index contributed by atoms with van der Waals surface area (Å²) in [6.07, 6.45) is -0.362. The third kappa shape index (κ3) is 2.05. The molecule has 1 unspecified atom stereocenters. The highest BCUT2D eigenvalue weighted by atomic mass is 16.6. The zero-order valence-electron chi connectivity index (χ0n) is 11.6. The minimum Gasteiger partial charge on any atom is -0.433 e. The van der Waals surface area contributed by atoms with E-state index in [2.05, 4.69) is 18.7 Å². The molecule has 1 aliphatic rings. The van der Waals surface area contributed by atoms with Gasteiger partial charge < -0.3 is 9.64 Å². The maximum absolute atomic E-state index is 12.2. The predicted octanol–water partition coefficient (Wildman–Crippen LogP) is 3.77. The van der Waals surface area contributed by atoms with Crippen LogP contribution in [0.5, 0.6) is 0 Å². The van der Waals surface area contributed by atoms with Gasteiger partial charge in [0.25, 0.3) is 0 Å². The van der Waals surface area contributed by atoms with Crippen molar-refractivity contribution in [1.82, 2.24) is 0 Å². The Morgan fingerprint density at radius 1 is 1.00 bits per heavy atom. The molecule has 2 aromatic carbocycles. The van der Waals surface area contributed by atoms with Crippen LogP contribution >= 0.6 is 0 Å². The maximum atomic E-state index is 12.2. The van der Waals surface area contributed by atoms with Gasteiger partial charge in [-0.25, -0.2) is 4.79 Å². The second-order valence-corrected chi connectivity index (χ2v) is 5.19. The molecule has 3 heteroatoms. The smallest absolute Gasteiger partial charge is 0.342 e. The molecule has 3 rings (SSSR count). The standard InChI is InChI=1S/C17H17NO2/c1-12(2)18-15-11-7-6-10-14(15)17(19)20-16(18)13-8-4-3-5-9-13/h3-12,16H,1-2H3. The van der Waals surface area contributed by atoms with Gasteiger partial charge in [-0.3, -0.25) is 0 Å². The highest BCUT2D eigenvalue weighted by Gasteiger charge is 2.34. The Morgan fingerprint density at radius 2 is 1.65 bits per heavy atom. The number of esters is 1. The van der Waals surface area contributed by atoms with E-state index in [9.17, 15) is 4.79 Å². The number of carbonyl (C=O) groups excluding carboxylic acids is 1. The number of rotatable bonds is 2. The van der Waals surface area contributed by atoms with Crippen LogP contribution in [0.4, 0.5) is 5.69 Å². The lowest BCUT2D eigenvalue weighted by molar-refractivity contribution is 0.0234. The zero-order valence-corrected chi connectivity index (χ0v) is 11.6. The quantitative estimate of drug-likeness (QED) is 0.776. The molecule has 0 spiro atoms. The minimum atomic E-state index is -0.362. The number of benzene rings is 2. The molecule has 0 fully saturated rings. The van der Waals surface area contributed by atoms with Crippen molar-refractivity contribution in [2.45, 2.75) is 26.1 Å². The molecular formula is C17H17NO2. The van der Waals surface area contributed by atoms with Gasteiger partial charge >= 0.3 is 5.97 Å². The number of nitrogens with zero attached hydrogens (tertiary/aromatic N) is 1. The normalized spacial score (nSPS) is 17.9. The fraction of sp³-hybridized carbons (Fsp3) is 0.235. The Balaban J connectivity index is 2.11. The van der Waals surface area contributed by atoms with Gasteiger partial charge in [-0.05, 0) is 26.0 Å². The summed E-state index contributed by atoms with van der Waals surface area (Å²) in [6.45, 7) is 4.21. The SMILES string of the molecule is CC(C)N1c2ccccc2C(=O)OC1c1ccccc1. The Bertz CT molecular complexity index is 622. The number of carbonyl (C=O) groups is 1. The Hall–Kier alpha value is -2.29. The second kappa shape index (κ2) is 5.00. The summed E-state index contributed by atoms with van der Waals surface area (Å²) < 4.78 is 5.66. The molecule has 1 heterocycles. The summed E-state index contributed by atoms with van der Waals surface area (Å²) >= 11 is 0. The van der Waals surface area contributed by atoms with Gasteiger partial charge in [-0.1, -0.05) is 42.5 Å². The lowest BCUT2D eigenvalue weighted by Gasteiger charge is -2.40. The molecule has 0 aromatic heterocycles. The summed E-state index contributed by atoms with van der Waals surface area (Å²) in [4.78, 5) is 14.3. The number of fused-ring (bicyclic) bond motifs is 1. The Morgan fingerprint density at radius 3 is 2.35 bits per heavy atom. The Kier molecular flexibility index (Phi) is 3.18. The van der Waals surface area contributed by atoms with Crippen LogP contribution in [0, 0.1) is 0 Å². The van der Waals surface area contributed by atoms with E-state index in [1.54, 1.807) is 0 Å². The van der Waals surface area contributed by atoms with Crippen LogP contribution in [0.2, 0.25) is 0 Å². The van der Waals surface area contributed by atoms with E-state index in [-0.39, 0.29) is 18.2 Å². The van der Waals surface area contributed by atoms with E-state index in [0.29, 0.717) is 5.56 Å². The summed E-state index contributed by atoms with van der Waals surface area (Å²) in [7, 11) is 0. The average Bonchev–Trinajstić information content (AvgIpc) is 2.47. The van der Waals surface area contributed by atoms with Gasteiger partial charge in [0.1, 0.15) is 0 Å². The van der Waals surface area contributed by atoms with Crippen LogP contribution in [-0.2, 0) is 4.74 Å². The molecule has 2 aromatic rings. The topological polar surface area (TPSA) is 29.5 Å². The number of hydrogen-bond donors (Lipinski definition) is 0. The van der Waals surface area contributed by atoms with E-state index in [4.69, 9.17) is 4.74 Å². The monoisotopic (exact) mass is 267 g/mol. The van der Waals surface area contributed by atoms with Crippen LogP contribution in [-0.4, -0.2) is 12.0 Å². The van der Waals surface area contributed by atoms with Gasteiger partial charge in [0, 0.05) is 11.6 Å². The highest BCUT2D eigenvalue weighted by molar-refractivity contribution is 5.97. The van der Waals surface area contributed by atoms with Gasteiger partial charge in [0.05, 0.1) is 11.3 Å². The van der Waals surface area contributed by atoms with Crippen molar-refractivity contribution in [2.75, 3.05) is 4.90 Å². The molecule has 0 radical (unpaired) electrons. The summed E-state index contributed by atoms with van der Waals surface area (Å²) in [5, 5.41) is 0. The molecule has 0 saturated heterocycles. The molecule has 0 bridgehead atoms. The van der Waals surface area contributed by atoms with Crippen LogP contribution < -0.4 is 4.90 Å². The van der Waals surface area contributed by atoms with Crippen LogP contribution in [0.3, 0.4) is 0 Å². The van der Waals surface area contributed by atoms with Gasteiger partial charge in [-0.2, -0.15) is 0 Å². The first-order valence-electron chi connectivity index (χ1n) is 6.82. The van der Waals surface area contributed by atoms with Crippen molar-refractivity contribution >= 4 is 11.7 Å². The van der Waals surface area contributed by atoms with Crippen molar-refractivity contribution in [3.63, 3.8) is 0 Å². The summed E-state index contributed by atoms with van der Waals surface area (Å²) in [5.41, 5.74) is 2.56. The molecule has 0 N–H and O–H groups in total. The molecule has 0 aliphatic carbocycles. The molecule has 1 atom stereocenters. The highest BCUT2D eigenvalue weighted by Crippen LogP contribution is 2.37. The van der Waals surface area contributed by atoms with Gasteiger partial charge in [-0.15, -0.1) is 0 Å². The molecule has 3 nitrogen and oxygen atoms in total. The fourth-order valence-corrected chi connectivity index (χ4v) is 2.61. The first-order chi connectivity index (χ1) is 9.68. The van der Waals surface area contributed by atoms with E-state index >= 15 is 0 Å². The molecule has 0 saturated carbocycles. The third-order valence-corrected chi connectivity index (χ3v) is 3.51. The molecule has 0 amide bonds. The first-order valence-corrected chi connectivity index (χ1v) is 6.82. The van der Waals surface area contributed by atoms with Crippen molar-refractivity contribution < 1.29 is 9.53 Å². The molecular weight excluding hydrogens is 250 g/mol. The fourth-order valence-electron chi connectivity index (χ4n) is 2.61. The zero-order chi connectivity index (χ0) is 14.1. The molecule has 1 aliphatic heterocycles. The van der Waals surface area contributed by atoms with Crippen molar-refractivity contribution in [3.05, 3.63) is 65.7 Å². The molecule has 102 valence electrons. The van der Waals surface area contributed by atoms with Gasteiger partial charge in [0.2, 0.25) is 6.23 Å². The number of ether oxygens (including phenoxy) is 1. The van der Waals surface area contributed by atoms with E-state index in [1.165, 1.54) is 0 Å². The Labute approximate surface area is 118 Å². The van der Waals surface area contributed by atoms with Crippen LogP contribution in [0.1, 0.15) is 36.0 Å². The number of para-hydroxylation sites is 1. The van der Waals surface area contributed by atoms with Crippen molar-refractivity contribution in [1.29, 1.82) is 0 Å². The van der Waals surface area contributed by atoms with E-state index in [1.807, 2.05) is 54.6 Å². The third-order valence-electron chi connectivity index (χ3n) is 3.51. The average molecular weight is 267 g/mol. The lowest BCUT2D eigenvalue weighted by Crippen LogP contribution is -2.41. The van der Waals surface area contributed by atoms with E-state index in [0.717, 1.165) is 11.3 Å². The lowest BCUT2D eigenvalue weighted by atomic mass is 10.0. The van der Waals surface area contributed by atoms with Gasteiger partial charge in [0.15, 0.2) is 0 Å². The maximum Gasteiger partial charge on any atom is 0.342 e. The first kappa shape index (κ1) is 12.7. The van der Waals surface area contributed by atoms with E-state index < -0.39 is 0 Å². The minimum absolute atomic E-state index is 0.231. The largest absolute Gasteiger partial charge is 0.433 e. The molecule has 20 heavy (non-hydrogen) atoms. The number of cyclic esters (lactones) is 1. The predicted molar refractivity (Wildman–Crippen MR) is 78.7 cm³/mol. The van der Waals surface area contributed by atoms with Crippen LogP contribution in [0.15, 0.2) is 54.6 Å². The second-order valence-electron chi connectivity index (χ2n) is 5.19.